The lowest BCUT2D eigenvalue weighted by Crippen LogP contribution is -2.26. The van der Waals surface area contributed by atoms with Crippen LogP contribution in [0.5, 0.6) is 0 Å². The van der Waals surface area contributed by atoms with Crippen molar-refractivity contribution in [1.29, 1.82) is 0 Å². The molecule has 0 saturated carbocycles. The molecule has 1 aliphatic heterocycles. The molecule has 0 aliphatic carbocycles. The molecule has 1 aromatic carbocycles. The van der Waals surface area contributed by atoms with Gasteiger partial charge in [0, 0.05) is 12.1 Å². The molecule has 3 N–H and O–H groups in total. The SMILES string of the molecule is NCc1ccc(C2CCNCC2)cc1F. The summed E-state index contributed by atoms with van der Waals surface area (Å²) in [4.78, 5) is 0. The predicted octanol–water partition coefficient (Wildman–Crippen LogP) is 1.75. The lowest BCUT2D eigenvalue weighted by atomic mass is 9.89. The fourth-order valence-corrected chi connectivity index (χ4v) is 2.14. The number of halogens is 1. The van der Waals surface area contributed by atoms with Crippen molar-refractivity contribution in [2.75, 3.05) is 13.1 Å². The first-order chi connectivity index (χ1) is 7.31. The predicted molar refractivity (Wildman–Crippen MR) is 59.1 cm³/mol. The molecule has 1 saturated heterocycles. The van der Waals surface area contributed by atoms with Gasteiger partial charge in [-0.2, -0.15) is 0 Å². The molecule has 3 heteroatoms. The van der Waals surface area contributed by atoms with E-state index in [9.17, 15) is 4.39 Å². The van der Waals surface area contributed by atoms with Crippen molar-refractivity contribution in [3.63, 3.8) is 0 Å². The molecule has 0 radical (unpaired) electrons. The van der Waals surface area contributed by atoms with Crippen LogP contribution in [0.15, 0.2) is 18.2 Å². The molecule has 0 atom stereocenters. The Bertz CT molecular complexity index is 332. The summed E-state index contributed by atoms with van der Waals surface area (Å²) >= 11 is 0. The molecular weight excluding hydrogens is 191 g/mol. The van der Waals surface area contributed by atoms with Crippen molar-refractivity contribution >= 4 is 0 Å². The Morgan fingerprint density at radius 2 is 2.07 bits per heavy atom. The molecule has 0 aromatic heterocycles. The van der Waals surface area contributed by atoms with E-state index < -0.39 is 0 Å². The third-order valence-electron chi connectivity index (χ3n) is 3.11. The highest BCUT2D eigenvalue weighted by Crippen LogP contribution is 2.26. The summed E-state index contributed by atoms with van der Waals surface area (Å²) in [7, 11) is 0. The van der Waals surface area contributed by atoms with E-state index in [1.807, 2.05) is 12.1 Å². The van der Waals surface area contributed by atoms with Gasteiger partial charge in [0.15, 0.2) is 0 Å². The number of piperidine rings is 1. The summed E-state index contributed by atoms with van der Waals surface area (Å²) in [5.74, 6) is 0.348. The first kappa shape index (κ1) is 10.6. The van der Waals surface area contributed by atoms with E-state index in [1.165, 1.54) is 0 Å². The summed E-state index contributed by atoms with van der Waals surface area (Å²) in [5.41, 5.74) is 7.15. The van der Waals surface area contributed by atoms with Crippen molar-refractivity contribution in [3.8, 4) is 0 Å². The highest BCUT2D eigenvalue weighted by molar-refractivity contribution is 5.27. The van der Waals surface area contributed by atoms with E-state index in [0.29, 0.717) is 11.5 Å². The zero-order chi connectivity index (χ0) is 10.7. The van der Waals surface area contributed by atoms with Gasteiger partial charge in [0.1, 0.15) is 5.82 Å². The van der Waals surface area contributed by atoms with Crippen LogP contribution in [0.3, 0.4) is 0 Å². The molecule has 2 nitrogen and oxygen atoms in total. The van der Waals surface area contributed by atoms with Gasteiger partial charge in [0.25, 0.3) is 0 Å². The average molecular weight is 208 g/mol. The summed E-state index contributed by atoms with van der Waals surface area (Å²) in [6.45, 7) is 2.34. The van der Waals surface area contributed by atoms with Gasteiger partial charge < -0.3 is 11.1 Å². The third-order valence-corrected chi connectivity index (χ3v) is 3.11. The maximum atomic E-state index is 13.5. The van der Waals surface area contributed by atoms with Gasteiger partial charge in [-0.25, -0.2) is 4.39 Å². The van der Waals surface area contributed by atoms with Gasteiger partial charge in [-0.1, -0.05) is 12.1 Å². The Kier molecular flexibility index (Phi) is 3.34. The molecule has 0 unspecified atom stereocenters. The van der Waals surface area contributed by atoms with Crippen molar-refractivity contribution in [1.82, 2.24) is 5.32 Å². The van der Waals surface area contributed by atoms with E-state index in [2.05, 4.69) is 5.32 Å². The van der Waals surface area contributed by atoms with Gasteiger partial charge in [-0.3, -0.25) is 0 Å². The standard InChI is InChI=1S/C12H17FN2/c13-12-7-10(1-2-11(12)8-14)9-3-5-15-6-4-9/h1-2,7,9,15H,3-6,8,14H2. The minimum atomic E-state index is -0.159. The summed E-state index contributed by atoms with van der Waals surface area (Å²) in [6, 6.07) is 5.48. The van der Waals surface area contributed by atoms with Crippen LogP contribution >= 0.6 is 0 Å². The molecule has 82 valence electrons. The second kappa shape index (κ2) is 4.73. The summed E-state index contributed by atoms with van der Waals surface area (Å²) in [6.07, 6.45) is 2.20. The van der Waals surface area contributed by atoms with Crippen molar-refractivity contribution < 1.29 is 4.39 Å². The second-order valence-corrected chi connectivity index (χ2v) is 4.08. The molecule has 2 rings (SSSR count). The van der Waals surface area contributed by atoms with Crippen LogP contribution in [0, 0.1) is 5.82 Å². The van der Waals surface area contributed by atoms with E-state index in [1.54, 1.807) is 6.07 Å². The zero-order valence-corrected chi connectivity index (χ0v) is 8.80. The molecule has 15 heavy (non-hydrogen) atoms. The number of hydrogen-bond donors (Lipinski definition) is 2. The van der Waals surface area contributed by atoms with Gasteiger partial charge in [0.2, 0.25) is 0 Å². The van der Waals surface area contributed by atoms with E-state index in [-0.39, 0.29) is 12.4 Å². The monoisotopic (exact) mass is 208 g/mol. The summed E-state index contributed by atoms with van der Waals surface area (Å²) in [5, 5.41) is 3.31. The van der Waals surface area contributed by atoms with Gasteiger partial charge in [0.05, 0.1) is 0 Å². The fraction of sp³-hybridized carbons (Fsp3) is 0.500. The van der Waals surface area contributed by atoms with Crippen LogP contribution in [0.4, 0.5) is 4.39 Å². The Morgan fingerprint density at radius 3 is 2.67 bits per heavy atom. The van der Waals surface area contributed by atoms with Crippen molar-refractivity contribution in [3.05, 3.63) is 35.1 Å². The third kappa shape index (κ3) is 2.36. The van der Waals surface area contributed by atoms with E-state index in [0.717, 1.165) is 31.5 Å². The van der Waals surface area contributed by atoms with Crippen molar-refractivity contribution in [2.24, 2.45) is 5.73 Å². The smallest absolute Gasteiger partial charge is 0.127 e. The van der Waals surface area contributed by atoms with Crippen LogP contribution < -0.4 is 11.1 Å². The van der Waals surface area contributed by atoms with Crippen LogP contribution in [-0.2, 0) is 6.54 Å². The molecule has 1 aliphatic rings. The van der Waals surface area contributed by atoms with Gasteiger partial charge in [-0.05, 0) is 43.5 Å². The Hall–Kier alpha value is -0.930. The molecule has 0 bridgehead atoms. The lowest BCUT2D eigenvalue weighted by molar-refractivity contribution is 0.458. The highest BCUT2D eigenvalue weighted by Gasteiger charge is 2.16. The number of nitrogens with two attached hydrogens (primary N) is 1. The second-order valence-electron chi connectivity index (χ2n) is 4.08. The number of benzene rings is 1. The highest BCUT2D eigenvalue weighted by atomic mass is 19.1. The molecule has 1 fully saturated rings. The fourth-order valence-electron chi connectivity index (χ4n) is 2.14. The first-order valence-corrected chi connectivity index (χ1v) is 5.50. The molecular formula is C12H17FN2. The van der Waals surface area contributed by atoms with Gasteiger partial charge >= 0.3 is 0 Å². The topological polar surface area (TPSA) is 38.0 Å². The minimum Gasteiger partial charge on any atom is -0.326 e. The molecule has 1 aromatic rings. The largest absolute Gasteiger partial charge is 0.326 e. The number of rotatable bonds is 2. The maximum absolute atomic E-state index is 13.5. The number of nitrogens with one attached hydrogen (secondary N) is 1. The molecule has 0 spiro atoms. The van der Waals surface area contributed by atoms with Crippen LogP contribution in [0.1, 0.15) is 29.9 Å². The summed E-state index contributed by atoms with van der Waals surface area (Å²) < 4.78 is 13.5. The Labute approximate surface area is 89.7 Å². The zero-order valence-electron chi connectivity index (χ0n) is 8.80. The van der Waals surface area contributed by atoms with Crippen molar-refractivity contribution in [2.45, 2.75) is 25.3 Å². The van der Waals surface area contributed by atoms with Crippen LogP contribution in [-0.4, -0.2) is 13.1 Å². The lowest BCUT2D eigenvalue weighted by Gasteiger charge is -2.23. The quantitative estimate of drug-likeness (QED) is 0.777. The van der Waals surface area contributed by atoms with Crippen LogP contribution in [0.2, 0.25) is 0 Å². The molecule has 1 heterocycles. The normalized spacial score (nSPS) is 18.0. The van der Waals surface area contributed by atoms with Gasteiger partial charge in [-0.15, -0.1) is 0 Å². The Morgan fingerprint density at radius 1 is 1.33 bits per heavy atom. The number of hydrogen-bond acceptors (Lipinski definition) is 2. The maximum Gasteiger partial charge on any atom is 0.127 e. The average Bonchev–Trinajstić information content (AvgIpc) is 2.30. The first-order valence-electron chi connectivity index (χ1n) is 5.50. The van der Waals surface area contributed by atoms with E-state index >= 15 is 0 Å². The Balaban J connectivity index is 2.17. The van der Waals surface area contributed by atoms with Crippen LogP contribution in [0.25, 0.3) is 0 Å². The molecule has 0 amide bonds. The minimum absolute atomic E-state index is 0.159. The van der Waals surface area contributed by atoms with E-state index in [4.69, 9.17) is 5.73 Å².